The van der Waals surface area contributed by atoms with E-state index in [9.17, 15) is 18.8 Å². The molecule has 0 aliphatic rings. The Balaban J connectivity index is 1.52. The van der Waals surface area contributed by atoms with Crippen LogP contribution in [0.4, 0.5) is 9.18 Å². The van der Waals surface area contributed by atoms with Crippen molar-refractivity contribution in [3.63, 3.8) is 0 Å². The zero-order valence-corrected chi connectivity index (χ0v) is 18.5. The molecule has 8 heteroatoms. The molecule has 0 aliphatic carbocycles. The molecule has 3 rings (SSSR count). The van der Waals surface area contributed by atoms with Gasteiger partial charge in [0.2, 0.25) is 5.91 Å². The number of benzene rings is 3. The normalized spacial score (nSPS) is 11.2. The number of ether oxygens (including phenoxy) is 1. The maximum atomic E-state index is 13.7. The number of alkyl carbamates (subject to hydrolysis) is 1. The molecular formula is C26H26FN3O4. The molecule has 1 atom stereocenters. The van der Waals surface area contributed by atoms with E-state index in [2.05, 4.69) is 16.0 Å². The highest BCUT2D eigenvalue weighted by atomic mass is 19.1. The topological polar surface area (TPSA) is 96.5 Å². The van der Waals surface area contributed by atoms with Gasteiger partial charge < -0.3 is 20.7 Å². The van der Waals surface area contributed by atoms with E-state index < -0.39 is 29.8 Å². The van der Waals surface area contributed by atoms with Gasteiger partial charge in [0.05, 0.1) is 5.56 Å². The summed E-state index contributed by atoms with van der Waals surface area (Å²) in [4.78, 5) is 37.2. The van der Waals surface area contributed by atoms with Crippen LogP contribution in [0.1, 0.15) is 21.5 Å². The minimum Gasteiger partial charge on any atom is -0.445 e. The average molecular weight is 464 g/mol. The summed E-state index contributed by atoms with van der Waals surface area (Å²) in [6, 6.07) is 23.2. The lowest BCUT2D eigenvalue weighted by molar-refractivity contribution is -0.123. The molecule has 0 spiro atoms. The van der Waals surface area contributed by atoms with Crippen LogP contribution < -0.4 is 16.0 Å². The molecule has 3 aromatic carbocycles. The standard InChI is InChI=1S/C26H26FN3O4/c27-22-14-8-7-13-21(22)24(31)28-15-16-29-25(32)23(17-19-9-3-1-4-10-19)30-26(33)34-18-20-11-5-2-6-12-20/h1-14,23H,15-18H2,(H,28,31)(H,29,32)(H,30,33)/t23-/m0/s1. The van der Waals surface area contributed by atoms with E-state index in [4.69, 9.17) is 4.74 Å². The molecule has 3 aromatic rings. The van der Waals surface area contributed by atoms with E-state index in [0.717, 1.165) is 11.1 Å². The first kappa shape index (κ1) is 24.4. The molecular weight excluding hydrogens is 437 g/mol. The third-order valence-electron chi connectivity index (χ3n) is 4.93. The Morgan fingerprint density at radius 3 is 2.03 bits per heavy atom. The lowest BCUT2D eigenvalue weighted by Crippen LogP contribution is -2.49. The second-order valence-corrected chi connectivity index (χ2v) is 7.48. The lowest BCUT2D eigenvalue weighted by atomic mass is 10.1. The van der Waals surface area contributed by atoms with Crippen molar-refractivity contribution in [1.29, 1.82) is 0 Å². The van der Waals surface area contributed by atoms with Gasteiger partial charge in [-0.05, 0) is 23.3 Å². The minimum absolute atomic E-state index is 0.0707. The maximum absolute atomic E-state index is 13.7. The molecule has 7 nitrogen and oxygen atoms in total. The predicted octanol–water partition coefficient (Wildman–Crippen LogP) is 3.21. The van der Waals surface area contributed by atoms with Gasteiger partial charge in [0, 0.05) is 19.5 Å². The van der Waals surface area contributed by atoms with Crippen LogP contribution in [-0.2, 0) is 22.6 Å². The zero-order valence-electron chi connectivity index (χ0n) is 18.5. The van der Waals surface area contributed by atoms with Crippen molar-refractivity contribution in [2.45, 2.75) is 19.1 Å². The zero-order chi connectivity index (χ0) is 24.2. The van der Waals surface area contributed by atoms with Crippen molar-refractivity contribution in [1.82, 2.24) is 16.0 Å². The van der Waals surface area contributed by atoms with Crippen molar-refractivity contribution >= 4 is 17.9 Å². The van der Waals surface area contributed by atoms with Crippen LogP contribution in [0.3, 0.4) is 0 Å². The summed E-state index contributed by atoms with van der Waals surface area (Å²) < 4.78 is 18.9. The van der Waals surface area contributed by atoms with Crippen LogP contribution >= 0.6 is 0 Å². The molecule has 0 aromatic heterocycles. The number of hydrogen-bond acceptors (Lipinski definition) is 4. The molecule has 0 unspecified atom stereocenters. The van der Waals surface area contributed by atoms with Gasteiger partial charge >= 0.3 is 6.09 Å². The summed E-state index contributed by atoms with van der Waals surface area (Å²) in [5.74, 6) is -1.62. The number of hydrogen-bond donors (Lipinski definition) is 3. The van der Waals surface area contributed by atoms with Crippen molar-refractivity contribution in [3.8, 4) is 0 Å². The Labute approximate surface area is 197 Å². The Morgan fingerprint density at radius 1 is 0.765 bits per heavy atom. The highest BCUT2D eigenvalue weighted by Gasteiger charge is 2.22. The van der Waals surface area contributed by atoms with E-state index in [-0.39, 0.29) is 31.7 Å². The summed E-state index contributed by atoms with van der Waals surface area (Å²) in [5, 5.41) is 7.85. The third kappa shape index (κ3) is 7.74. The second-order valence-electron chi connectivity index (χ2n) is 7.48. The molecule has 0 radical (unpaired) electrons. The lowest BCUT2D eigenvalue weighted by Gasteiger charge is -2.19. The van der Waals surface area contributed by atoms with Crippen molar-refractivity contribution in [2.75, 3.05) is 13.1 Å². The van der Waals surface area contributed by atoms with Crippen LogP contribution in [0.15, 0.2) is 84.9 Å². The van der Waals surface area contributed by atoms with E-state index in [1.165, 1.54) is 18.2 Å². The van der Waals surface area contributed by atoms with Crippen LogP contribution in [0.25, 0.3) is 0 Å². The molecule has 0 saturated carbocycles. The van der Waals surface area contributed by atoms with Crippen LogP contribution in [-0.4, -0.2) is 37.0 Å². The Hall–Kier alpha value is -4.20. The van der Waals surface area contributed by atoms with E-state index in [1.54, 1.807) is 6.07 Å². The van der Waals surface area contributed by atoms with E-state index >= 15 is 0 Å². The first-order chi connectivity index (χ1) is 16.5. The summed E-state index contributed by atoms with van der Waals surface area (Å²) in [7, 11) is 0. The van der Waals surface area contributed by atoms with Gasteiger partial charge in [-0.2, -0.15) is 0 Å². The largest absolute Gasteiger partial charge is 0.445 e. The Bertz CT molecular complexity index is 1090. The Kier molecular flexibility index (Phi) is 9.16. The van der Waals surface area contributed by atoms with E-state index in [1.807, 2.05) is 60.7 Å². The third-order valence-corrected chi connectivity index (χ3v) is 4.93. The molecule has 3 N–H and O–H groups in total. The fourth-order valence-corrected chi connectivity index (χ4v) is 3.19. The van der Waals surface area contributed by atoms with Crippen LogP contribution in [0.5, 0.6) is 0 Å². The summed E-state index contributed by atoms with van der Waals surface area (Å²) in [6.07, 6.45) is -0.456. The fourth-order valence-electron chi connectivity index (χ4n) is 3.19. The smallest absolute Gasteiger partial charge is 0.408 e. The number of rotatable bonds is 10. The number of nitrogens with one attached hydrogen (secondary N) is 3. The first-order valence-electron chi connectivity index (χ1n) is 10.8. The quantitative estimate of drug-likeness (QED) is 0.402. The molecule has 0 heterocycles. The molecule has 0 fully saturated rings. The summed E-state index contributed by atoms with van der Waals surface area (Å²) in [5.41, 5.74) is 1.62. The van der Waals surface area contributed by atoms with Crippen molar-refractivity contribution in [2.24, 2.45) is 0 Å². The van der Waals surface area contributed by atoms with Crippen molar-refractivity contribution < 1.29 is 23.5 Å². The molecule has 0 saturated heterocycles. The second kappa shape index (κ2) is 12.7. The number of halogens is 1. The minimum atomic E-state index is -0.882. The molecule has 0 bridgehead atoms. The first-order valence-corrected chi connectivity index (χ1v) is 10.8. The summed E-state index contributed by atoms with van der Waals surface area (Å²) in [6.45, 7) is 0.273. The van der Waals surface area contributed by atoms with Crippen LogP contribution in [0.2, 0.25) is 0 Å². The van der Waals surface area contributed by atoms with Gasteiger partial charge in [-0.25, -0.2) is 9.18 Å². The van der Waals surface area contributed by atoms with E-state index in [0.29, 0.717) is 0 Å². The van der Waals surface area contributed by atoms with Crippen molar-refractivity contribution in [3.05, 3.63) is 107 Å². The predicted molar refractivity (Wildman–Crippen MR) is 125 cm³/mol. The molecule has 176 valence electrons. The monoisotopic (exact) mass is 463 g/mol. The molecule has 0 aliphatic heterocycles. The van der Waals surface area contributed by atoms with Gasteiger partial charge in [0.1, 0.15) is 18.5 Å². The molecule has 3 amide bonds. The highest BCUT2D eigenvalue weighted by Crippen LogP contribution is 2.07. The number of carbonyl (C=O) groups excluding carboxylic acids is 3. The fraction of sp³-hybridized carbons (Fsp3) is 0.192. The Morgan fingerprint density at radius 2 is 1.35 bits per heavy atom. The van der Waals surface area contributed by atoms with Gasteiger partial charge in [0.15, 0.2) is 0 Å². The van der Waals surface area contributed by atoms with Crippen LogP contribution in [0, 0.1) is 5.82 Å². The summed E-state index contributed by atoms with van der Waals surface area (Å²) >= 11 is 0. The average Bonchev–Trinajstić information content (AvgIpc) is 2.86. The maximum Gasteiger partial charge on any atom is 0.408 e. The van der Waals surface area contributed by atoms with Gasteiger partial charge in [0.25, 0.3) is 5.91 Å². The highest BCUT2D eigenvalue weighted by molar-refractivity contribution is 5.94. The number of carbonyl (C=O) groups is 3. The SMILES string of the molecule is O=C(N[C@@H](Cc1ccccc1)C(=O)NCCNC(=O)c1ccccc1F)OCc1ccccc1. The van der Waals surface area contributed by atoms with Gasteiger partial charge in [-0.15, -0.1) is 0 Å². The molecule has 34 heavy (non-hydrogen) atoms. The van der Waals surface area contributed by atoms with Gasteiger partial charge in [-0.3, -0.25) is 9.59 Å². The number of amides is 3. The van der Waals surface area contributed by atoms with Gasteiger partial charge in [-0.1, -0.05) is 72.8 Å².